The zero-order valence-electron chi connectivity index (χ0n) is 26.5. The van der Waals surface area contributed by atoms with Crippen molar-refractivity contribution in [1.82, 2.24) is 10.2 Å². The number of carbonyl (C=O) groups excluding carboxylic acids is 2. The smallest absolute Gasteiger partial charge is 0.264 e. The molecule has 3 aromatic rings. The van der Waals surface area contributed by atoms with E-state index < -0.39 is 34.3 Å². The van der Waals surface area contributed by atoms with Crippen LogP contribution in [0.1, 0.15) is 55.7 Å². The number of amides is 2. The van der Waals surface area contributed by atoms with Gasteiger partial charge in [0.25, 0.3) is 10.0 Å². The number of ether oxygens (including phenoxy) is 2. The summed E-state index contributed by atoms with van der Waals surface area (Å²) in [6.07, 6.45) is 4.84. The highest BCUT2D eigenvalue weighted by molar-refractivity contribution is 7.92. The number of rotatable bonds is 12. The molecule has 1 atom stereocenters. The maximum atomic E-state index is 14.8. The van der Waals surface area contributed by atoms with Gasteiger partial charge in [-0.25, -0.2) is 12.8 Å². The van der Waals surface area contributed by atoms with E-state index in [0.717, 1.165) is 47.5 Å². The lowest BCUT2D eigenvalue weighted by Gasteiger charge is -2.33. The molecule has 1 N–H and O–H groups in total. The van der Waals surface area contributed by atoms with Crippen LogP contribution < -0.4 is 19.1 Å². The van der Waals surface area contributed by atoms with E-state index in [1.807, 2.05) is 19.9 Å². The van der Waals surface area contributed by atoms with Gasteiger partial charge in [-0.15, -0.1) is 0 Å². The number of nitrogens with one attached hydrogen (secondary N) is 1. The van der Waals surface area contributed by atoms with Gasteiger partial charge in [-0.3, -0.25) is 13.9 Å². The number of benzene rings is 3. The molecule has 3 aromatic carbocycles. The number of sulfonamides is 1. The van der Waals surface area contributed by atoms with Crippen LogP contribution in [0.5, 0.6) is 11.5 Å². The van der Waals surface area contributed by atoms with E-state index >= 15 is 0 Å². The maximum absolute atomic E-state index is 14.8. The Hall–Kier alpha value is -4.12. The molecule has 2 amide bonds. The van der Waals surface area contributed by atoms with Crippen molar-refractivity contribution in [3.8, 4) is 11.5 Å². The van der Waals surface area contributed by atoms with Crippen LogP contribution in [0.2, 0.25) is 0 Å². The molecular formula is C34H42FN3O6S. The van der Waals surface area contributed by atoms with Crippen molar-refractivity contribution < 1.29 is 31.9 Å². The Kier molecular flexibility index (Phi) is 11.1. The molecule has 0 aliphatic heterocycles. The molecule has 4 rings (SSSR count). The number of anilines is 1. The highest BCUT2D eigenvalue weighted by Crippen LogP contribution is 2.33. The lowest BCUT2D eigenvalue weighted by Crippen LogP contribution is -2.53. The zero-order valence-corrected chi connectivity index (χ0v) is 27.3. The van der Waals surface area contributed by atoms with Crippen LogP contribution in [-0.4, -0.2) is 58.0 Å². The fraction of sp³-hybridized carbons (Fsp3) is 0.412. The van der Waals surface area contributed by atoms with Crippen LogP contribution in [0.3, 0.4) is 0 Å². The van der Waals surface area contributed by atoms with Crippen molar-refractivity contribution in [2.24, 2.45) is 0 Å². The van der Waals surface area contributed by atoms with E-state index in [9.17, 15) is 22.4 Å². The molecule has 45 heavy (non-hydrogen) atoms. The first-order valence-electron chi connectivity index (χ1n) is 15.1. The minimum absolute atomic E-state index is 0.00342. The first kappa shape index (κ1) is 33.8. The third-order valence-electron chi connectivity index (χ3n) is 8.13. The Morgan fingerprint density at radius 1 is 0.933 bits per heavy atom. The fourth-order valence-electron chi connectivity index (χ4n) is 5.69. The van der Waals surface area contributed by atoms with Gasteiger partial charge in [-0.05, 0) is 75.1 Å². The third kappa shape index (κ3) is 8.13. The molecule has 1 saturated carbocycles. The van der Waals surface area contributed by atoms with Gasteiger partial charge in [-0.2, -0.15) is 0 Å². The Balaban J connectivity index is 1.74. The highest BCUT2D eigenvalue weighted by atomic mass is 32.2. The van der Waals surface area contributed by atoms with Crippen molar-refractivity contribution in [3.05, 3.63) is 83.2 Å². The van der Waals surface area contributed by atoms with Crippen molar-refractivity contribution >= 4 is 27.5 Å². The van der Waals surface area contributed by atoms with E-state index in [-0.39, 0.29) is 40.4 Å². The average Bonchev–Trinajstić information content (AvgIpc) is 3.02. The summed E-state index contributed by atoms with van der Waals surface area (Å²) < 4.78 is 55.1. The van der Waals surface area contributed by atoms with Crippen LogP contribution in [0.25, 0.3) is 0 Å². The van der Waals surface area contributed by atoms with Gasteiger partial charge in [0, 0.05) is 24.2 Å². The molecule has 242 valence electrons. The van der Waals surface area contributed by atoms with Gasteiger partial charge in [0.1, 0.15) is 18.4 Å². The lowest BCUT2D eigenvalue weighted by atomic mass is 9.95. The molecule has 0 aromatic heterocycles. The van der Waals surface area contributed by atoms with Crippen molar-refractivity contribution in [2.45, 2.75) is 76.4 Å². The normalized spacial score (nSPS) is 14.4. The van der Waals surface area contributed by atoms with Crippen molar-refractivity contribution in [1.29, 1.82) is 0 Å². The minimum Gasteiger partial charge on any atom is -0.493 e. The molecule has 0 radical (unpaired) electrons. The second-order valence-electron chi connectivity index (χ2n) is 11.5. The molecule has 1 fully saturated rings. The molecule has 0 bridgehead atoms. The van der Waals surface area contributed by atoms with E-state index in [2.05, 4.69) is 5.32 Å². The second-order valence-corrected chi connectivity index (χ2v) is 13.4. The van der Waals surface area contributed by atoms with Crippen LogP contribution >= 0.6 is 0 Å². The number of nitrogens with zero attached hydrogens (tertiary/aromatic N) is 2. The molecule has 1 aliphatic rings. The predicted molar refractivity (Wildman–Crippen MR) is 171 cm³/mol. The lowest BCUT2D eigenvalue weighted by molar-refractivity contribution is -0.139. The summed E-state index contributed by atoms with van der Waals surface area (Å²) in [5, 5.41) is 3.05. The van der Waals surface area contributed by atoms with Crippen LogP contribution in [-0.2, 0) is 26.2 Å². The third-order valence-corrected chi connectivity index (χ3v) is 9.90. The molecule has 1 aliphatic carbocycles. The first-order chi connectivity index (χ1) is 21.4. The van der Waals surface area contributed by atoms with Crippen molar-refractivity contribution in [3.63, 3.8) is 0 Å². The quantitative estimate of drug-likeness (QED) is 0.280. The van der Waals surface area contributed by atoms with Gasteiger partial charge < -0.3 is 19.7 Å². The van der Waals surface area contributed by atoms with Gasteiger partial charge >= 0.3 is 0 Å². The van der Waals surface area contributed by atoms with Crippen LogP contribution in [0, 0.1) is 19.7 Å². The Bertz CT molecular complexity index is 1600. The van der Waals surface area contributed by atoms with Gasteiger partial charge in [-0.1, -0.05) is 43.5 Å². The minimum atomic E-state index is -4.35. The number of methoxy groups -OCH3 is 2. The number of halogens is 1. The monoisotopic (exact) mass is 639 g/mol. The highest BCUT2D eigenvalue weighted by Gasteiger charge is 2.34. The summed E-state index contributed by atoms with van der Waals surface area (Å²) in [4.78, 5) is 28.8. The first-order valence-corrected chi connectivity index (χ1v) is 16.5. The second kappa shape index (κ2) is 14.8. The standard InChI is InChI=1S/C34H42FN3O6S/c1-23-17-24(2)19-28(18-23)38(45(41,42)29-15-16-31(43-4)32(20-29)44-5)22-33(39)37(21-26-11-9-10-14-30(26)35)25(3)34(40)36-27-12-7-6-8-13-27/h9-11,14-20,25,27H,6-8,12-13,21-22H2,1-5H3,(H,36,40)/t25-/m1/s1. The predicted octanol–water partition coefficient (Wildman–Crippen LogP) is 5.52. The average molecular weight is 640 g/mol. The fourth-order valence-corrected chi connectivity index (χ4v) is 7.10. The number of hydrogen-bond acceptors (Lipinski definition) is 6. The van der Waals surface area contributed by atoms with Crippen LogP contribution in [0.15, 0.2) is 65.6 Å². The summed E-state index contributed by atoms with van der Waals surface area (Å²) >= 11 is 0. The summed E-state index contributed by atoms with van der Waals surface area (Å²) in [6, 6.07) is 14.5. The van der Waals surface area contributed by atoms with Gasteiger partial charge in [0.05, 0.1) is 24.8 Å². The van der Waals surface area contributed by atoms with Gasteiger partial charge in [0.15, 0.2) is 11.5 Å². The molecule has 0 unspecified atom stereocenters. The molecule has 11 heteroatoms. The Labute approximate surface area is 265 Å². The number of hydrogen-bond donors (Lipinski definition) is 1. The molecular weight excluding hydrogens is 597 g/mol. The summed E-state index contributed by atoms with van der Waals surface area (Å²) in [6.45, 7) is 4.40. The van der Waals surface area contributed by atoms with Crippen LogP contribution in [0.4, 0.5) is 10.1 Å². The largest absolute Gasteiger partial charge is 0.493 e. The molecule has 9 nitrogen and oxygen atoms in total. The summed E-state index contributed by atoms with van der Waals surface area (Å²) in [5.41, 5.74) is 2.09. The summed E-state index contributed by atoms with van der Waals surface area (Å²) in [7, 11) is -1.50. The molecule has 0 spiro atoms. The Morgan fingerprint density at radius 2 is 1.58 bits per heavy atom. The van der Waals surface area contributed by atoms with E-state index in [0.29, 0.717) is 5.75 Å². The zero-order chi connectivity index (χ0) is 32.7. The SMILES string of the molecule is COc1ccc(S(=O)(=O)N(CC(=O)N(Cc2ccccc2F)[C@H](C)C(=O)NC2CCCCC2)c2cc(C)cc(C)c2)cc1OC. The van der Waals surface area contributed by atoms with Gasteiger partial charge in [0.2, 0.25) is 11.8 Å². The van der Waals surface area contributed by atoms with E-state index in [1.165, 1.54) is 43.4 Å². The van der Waals surface area contributed by atoms with E-state index in [1.54, 1.807) is 37.3 Å². The Morgan fingerprint density at radius 3 is 2.20 bits per heavy atom. The summed E-state index contributed by atoms with van der Waals surface area (Å²) in [5.74, 6) is -1.00. The molecule has 0 heterocycles. The topological polar surface area (TPSA) is 105 Å². The van der Waals surface area contributed by atoms with Crippen molar-refractivity contribution in [2.75, 3.05) is 25.1 Å². The number of aryl methyl sites for hydroxylation is 2. The maximum Gasteiger partial charge on any atom is 0.264 e. The molecule has 0 saturated heterocycles. The van der Waals surface area contributed by atoms with E-state index in [4.69, 9.17) is 9.47 Å². The number of carbonyl (C=O) groups is 2.